The third kappa shape index (κ3) is 4.39. The number of carbonyl (C=O) groups is 1. The molecule has 0 saturated heterocycles. The van der Waals surface area contributed by atoms with Crippen LogP contribution in [0.5, 0.6) is 0 Å². The molecule has 2 aromatic carbocycles. The van der Waals surface area contributed by atoms with Crippen LogP contribution in [-0.4, -0.2) is 20.9 Å². The fourth-order valence-corrected chi connectivity index (χ4v) is 3.18. The molecule has 0 spiro atoms. The van der Waals surface area contributed by atoms with Crippen molar-refractivity contribution < 1.29 is 22.3 Å². The maximum atomic E-state index is 13.1. The van der Waals surface area contributed by atoms with Crippen LogP contribution >= 0.6 is 0 Å². The van der Waals surface area contributed by atoms with Gasteiger partial charge in [-0.3, -0.25) is 0 Å². The fraction of sp³-hybridized carbons (Fsp3) is 0.235. The Balaban J connectivity index is 2.20. The number of ether oxygens (including phenoxy) is 1. The van der Waals surface area contributed by atoms with Gasteiger partial charge in [0.2, 0.25) is 10.0 Å². The molecule has 1 N–H and O–H groups in total. The van der Waals surface area contributed by atoms with E-state index in [2.05, 4.69) is 4.72 Å². The standard InChI is InChI=1S/C17H18FNO4S/c1-3-19-24(21,22)15-8-7-12(2)16(10-15)17(20)23-11-13-5-4-6-14(18)9-13/h4-10,19H,3,11H2,1-2H3. The molecule has 0 unspecified atom stereocenters. The summed E-state index contributed by atoms with van der Waals surface area (Å²) in [7, 11) is -3.66. The highest BCUT2D eigenvalue weighted by atomic mass is 32.2. The lowest BCUT2D eigenvalue weighted by molar-refractivity contribution is 0.0471. The van der Waals surface area contributed by atoms with E-state index in [1.54, 1.807) is 26.0 Å². The number of nitrogens with one attached hydrogen (secondary N) is 1. The van der Waals surface area contributed by atoms with Gasteiger partial charge in [-0.15, -0.1) is 0 Å². The van der Waals surface area contributed by atoms with Crippen molar-refractivity contribution in [3.63, 3.8) is 0 Å². The summed E-state index contributed by atoms with van der Waals surface area (Å²) in [6.07, 6.45) is 0. The van der Waals surface area contributed by atoms with E-state index < -0.39 is 21.8 Å². The zero-order valence-electron chi connectivity index (χ0n) is 13.4. The van der Waals surface area contributed by atoms with Crippen molar-refractivity contribution in [1.29, 1.82) is 0 Å². The molecule has 0 aliphatic heterocycles. The molecule has 2 rings (SSSR count). The number of aryl methyl sites for hydroxylation is 1. The van der Waals surface area contributed by atoms with Gasteiger partial charge in [0.15, 0.2) is 0 Å². The highest BCUT2D eigenvalue weighted by Gasteiger charge is 2.18. The first-order chi connectivity index (χ1) is 11.3. The Morgan fingerprint density at radius 3 is 2.62 bits per heavy atom. The zero-order chi connectivity index (χ0) is 17.7. The number of halogens is 1. The van der Waals surface area contributed by atoms with Crippen molar-refractivity contribution in [3.8, 4) is 0 Å². The van der Waals surface area contributed by atoms with E-state index in [4.69, 9.17) is 4.74 Å². The zero-order valence-corrected chi connectivity index (χ0v) is 14.2. The maximum absolute atomic E-state index is 13.1. The molecule has 0 amide bonds. The number of hydrogen-bond acceptors (Lipinski definition) is 4. The van der Waals surface area contributed by atoms with Crippen molar-refractivity contribution in [2.75, 3.05) is 6.54 Å². The average Bonchev–Trinajstić information content (AvgIpc) is 2.53. The van der Waals surface area contributed by atoms with E-state index in [0.717, 1.165) is 0 Å². The Kier molecular flexibility index (Phi) is 5.69. The van der Waals surface area contributed by atoms with E-state index in [9.17, 15) is 17.6 Å². The minimum atomic E-state index is -3.66. The number of hydrogen-bond donors (Lipinski definition) is 1. The highest BCUT2D eigenvalue weighted by Crippen LogP contribution is 2.17. The molecular weight excluding hydrogens is 333 g/mol. The summed E-state index contributed by atoms with van der Waals surface area (Å²) >= 11 is 0. The van der Waals surface area contributed by atoms with Crippen LogP contribution < -0.4 is 4.72 Å². The van der Waals surface area contributed by atoms with E-state index in [0.29, 0.717) is 11.1 Å². The molecule has 0 heterocycles. The van der Waals surface area contributed by atoms with Crippen molar-refractivity contribution in [1.82, 2.24) is 4.72 Å². The second-order valence-electron chi connectivity index (χ2n) is 5.18. The molecule has 0 fully saturated rings. The lowest BCUT2D eigenvalue weighted by Crippen LogP contribution is -2.23. The summed E-state index contributed by atoms with van der Waals surface area (Å²) < 4.78 is 44.7. The van der Waals surface area contributed by atoms with Crippen molar-refractivity contribution >= 4 is 16.0 Å². The van der Waals surface area contributed by atoms with Crippen LogP contribution in [0.15, 0.2) is 47.4 Å². The summed E-state index contributed by atoms with van der Waals surface area (Å²) in [5, 5.41) is 0. The van der Waals surface area contributed by atoms with Gasteiger partial charge in [-0.1, -0.05) is 25.1 Å². The first kappa shape index (κ1) is 18.1. The predicted octanol–water partition coefficient (Wildman–Crippen LogP) is 2.79. The molecule has 5 nitrogen and oxygen atoms in total. The van der Waals surface area contributed by atoms with Crippen LogP contribution in [0.2, 0.25) is 0 Å². The van der Waals surface area contributed by atoms with Crippen LogP contribution in [0.4, 0.5) is 4.39 Å². The van der Waals surface area contributed by atoms with Gasteiger partial charge in [-0.2, -0.15) is 0 Å². The molecule has 0 radical (unpaired) electrons. The fourth-order valence-electron chi connectivity index (χ4n) is 2.11. The molecule has 0 bridgehead atoms. The monoisotopic (exact) mass is 351 g/mol. The summed E-state index contributed by atoms with van der Waals surface area (Å²) in [5.41, 5.74) is 1.26. The van der Waals surface area contributed by atoms with Crippen LogP contribution in [0.25, 0.3) is 0 Å². The minimum absolute atomic E-state index is 0.00680. The van der Waals surface area contributed by atoms with Crippen LogP contribution in [-0.2, 0) is 21.4 Å². The van der Waals surface area contributed by atoms with Gasteiger partial charge in [-0.05, 0) is 42.3 Å². The lowest BCUT2D eigenvalue weighted by Gasteiger charge is -2.10. The lowest BCUT2D eigenvalue weighted by atomic mass is 10.1. The van der Waals surface area contributed by atoms with Crippen LogP contribution in [0.3, 0.4) is 0 Å². The van der Waals surface area contributed by atoms with Crippen molar-refractivity contribution in [3.05, 3.63) is 65.0 Å². The third-order valence-electron chi connectivity index (χ3n) is 3.33. The first-order valence-corrected chi connectivity index (χ1v) is 8.83. The van der Waals surface area contributed by atoms with Gasteiger partial charge in [0.25, 0.3) is 0 Å². The SMILES string of the molecule is CCNS(=O)(=O)c1ccc(C)c(C(=O)OCc2cccc(F)c2)c1. The molecule has 7 heteroatoms. The number of sulfonamides is 1. The average molecular weight is 351 g/mol. The Morgan fingerprint density at radius 2 is 1.96 bits per heavy atom. The molecule has 128 valence electrons. The predicted molar refractivity (Wildman–Crippen MR) is 87.6 cm³/mol. The summed E-state index contributed by atoms with van der Waals surface area (Å²) in [6.45, 7) is 3.50. The molecule has 2 aromatic rings. The topological polar surface area (TPSA) is 72.5 Å². The van der Waals surface area contributed by atoms with Gasteiger partial charge < -0.3 is 4.74 Å². The Morgan fingerprint density at radius 1 is 1.21 bits per heavy atom. The Labute approximate surface area is 140 Å². The second-order valence-corrected chi connectivity index (χ2v) is 6.95. The molecular formula is C17H18FNO4S. The largest absolute Gasteiger partial charge is 0.457 e. The van der Waals surface area contributed by atoms with Gasteiger partial charge >= 0.3 is 5.97 Å². The molecule has 24 heavy (non-hydrogen) atoms. The Bertz CT molecular complexity index is 849. The quantitative estimate of drug-likeness (QED) is 0.812. The second kappa shape index (κ2) is 7.55. The smallest absolute Gasteiger partial charge is 0.338 e. The van der Waals surface area contributed by atoms with Gasteiger partial charge in [-0.25, -0.2) is 22.3 Å². The van der Waals surface area contributed by atoms with E-state index in [-0.39, 0.29) is 23.6 Å². The van der Waals surface area contributed by atoms with Crippen LogP contribution in [0.1, 0.15) is 28.4 Å². The molecule has 0 aromatic heterocycles. The van der Waals surface area contributed by atoms with E-state index in [1.165, 1.54) is 30.3 Å². The van der Waals surface area contributed by atoms with Gasteiger partial charge in [0, 0.05) is 6.54 Å². The normalized spacial score (nSPS) is 11.3. The van der Waals surface area contributed by atoms with Gasteiger partial charge in [0.05, 0.1) is 10.5 Å². The van der Waals surface area contributed by atoms with Crippen LogP contribution in [0, 0.1) is 12.7 Å². The molecule has 0 aliphatic rings. The number of rotatable bonds is 6. The summed E-state index contributed by atoms with van der Waals surface area (Å²) in [6, 6.07) is 9.97. The van der Waals surface area contributed by atoms with E-state index >= 15 is 0 Å². The molecule has 0 atom stereocenters. The summed E-state index contributed by atoms with van der Waals surface area (Å²) in [5.74, 6) is -1.08. The number of carbonyl (C=O) groups excluding carboxylic acids is 1. The molecule has 0 aliphatic carbocycles. The first-order valence-electron chi connectivity index (χ1n) is 7.35. The van der Waals surface area contributed by atoms with Crippen molar-refractivity contribution in [2.24, 2.45) is 0 Å². The Hall–Kier alpha value is -2.25. The maximum Gasteiger partial charge on any atom is 0.338 e. The number of benzene rings is 2. The van der Waals surface area contributed by atoms with Gasteiger partial charge in [0.1, 0.15) is 12.4 Å². The highest BCUT2D eigenvalue weighted by molar-refractivity contribution is 7.89. The minimum Gasteiger partial charge on any atom is -0.457 e. The third-order valence-corrected chi connectivity index (χ3v) is 4.88. The van der Waals surface area contributed by atoms with Crippen molar-refractivity contribution in [2.45, 2.75) is 25.3 Å². The number of esters is 1. The van der Waals surface area contributed by atoms with E-state index in [1.807, 2.05) is 0 Å². The summed E-state index contributed by atoms with van der Waals surface area (Å²) in [4.78, 5) is 12.2. The molecule has 0 saturated carbocycles.